The Morgan fingerprint density at radius 1 is 0.879 bits per heavy atom. The van der Waals surface area contributed by atoms with Crippen LogP contribution in [0, 0.1) is 13.8 Å². The van der Waals surface area contributed by atoms with Crippen molar-refractivity contribution >= 4 is 5.91 Å². The van der Waals surface area contributed by atoms with E-state index in [2.05, 4.69) is 54.5 Å². The summed E-state index contributed by atoms with van der Waals surface area (Å²) in [4.78, 5) is 17.0. The number of pyridine rings is 1. The molecule has 166 valence electrons. The Morgan fingerprint density at radius 3 is 2.30 bits per heavy atom. The number of carbonyl (C=O) groups is 1. The van der Waals surface area contributed by atoms with Gasteiger partial charge in [0.05, 0.1) is 12.5 Å². The lowest BCUT2D eigenvalue weighted by molar-refractivity contribution is -0.120. The fourth-order valence-corrected chi connectivity index (χ4v) is 3.88. The molecule has 33 heavy (non-hydrogen) atoms. The lowest BCUT2D eigenvalue weighted by Crippen LogP contribution is -2.31. The van der Waals surface area contributed by atoms with Crippen LogP contribution in [0.4, 0.5) is 0 Å². The van der Waals surface area contributed by atoms with Crippen LogP contribution in [-0.4, -0.2) is 10.9 Å². The third-order valence-electron chi connectivity index (χ3n) is 5.62. The first-order chi connectivity index (χ1) is 16.1. The molecule has 4 nitrogen and oxygen atoms in total. The van der Waals surface area contributed by atoms with E-state index >= 15 is 0 Å². The molecule has 0 aliphatic rings. The molecule has 0 saturated heterocycles. The number of hydrogen-bond donors (Lipinski definition) is 1. The molecule has 1 amide bonds. The van der Waals surface area contributed by atoms with Crippen LogP contribution >= 0.6 is 0 Å². The van der Waals surface area contributed by atoms with Crippen molar-refractivity contribution in [3.63, 3.8) is 0 Å². The third kappa shape index (κ3) is 6.07. The summed E-state index contributed by atoms with van der Waals surface area (Å²) in [5.74, 6) is 0.752. The molecule has 1 unspecified atom stereocenters. The number of amides is 1. The lowest BCUT2D eigenvalue weighted by atomic mass is 9.93. The van der Waals surface area contributed by atoms with Crippen molar-refractivity contribution in [1.82, 2.24) is 10.3 Å². The van der Waals surface area contributed by atoms with Gasteiger partial charge in [0, 0.05) is 12.4 Å². The molecular formula is C29H28N2O2. The lowest BCUT2D eigenvalue weighted by Gasteiger charge is -2.22. The van der Waals surface area contributed by atoms with Crippen LogP contribution in [0.5, 0.6) is 5.75 Å². The zero-order chi connectivity index (χ0) is 23.0. The fraction of sp³-hybridized carbons (Fsp3) is 0.172. The normalized spacial score (nSPS) is 11.6. The van der Waals surface area contributed by atoms with Crippen molar-refractivity contribution in [1.29, 1.82) is 0 Å². The molecule has 0 saturated carbocycles. The van der Waals surface area contributed by atoms with E-state index in [4.69, 9.17) is 4.74 Å². The number of nitrogens with zero attached hydrogens (tertiary/aromatic N) is 1. The van der Waals surface area contributed by atoms with E-state index in [9.17, 15) is 4.79 Å². The number of rotatable bonds is 8. The summed E-state index contributed by atoms with van der Waals surface area (Å²) < 4.78 is 5.83. The Kier molecular flexibility index (Phi) is 7.16. The molecule has 0 fully saturated rings. The first-order valence-corrected chi connectivity index (χ1v) is 11.1. The predicted molar refractivity (Wildman–Crippen MR) is 131 cm³/mol. The Balaban J connectivity index is 1.43. The van der Waals surface area contributed by atoms with E-state index in [1.54, 1.807) is 12.4 Å². The summed E-state index contributed by atoms with van der Waals surface area (Å²) in [5, 5.41) is 3.24. The number of aryl methyl sites for hydroxylation is 2. The van der Waals surface area contributed by atoms with E-state index < -0.39 is 0 Å². The molecule has 0 aliphatic carbocycles. The molecule has 4 aromatic rings. The van der Waals surface area contributed by atoms with Crippen molar-refractivity contribution in [2.24, 2.45) is 0 Å². The minimum atomic E-state index is -0.192. The van der Waals surface area contributed by atoms with Crippen LogP contribution in [-0.2, 0) is 17.8 Å². The minimum absolute atomic E-state index is 0.0192. The molecular weight excluding hydrogens is 408 g/mol. The minimum Gasteiger partial charge on any atom is -0.489 e. The van der Waals surface area contributed by atoms with Crippen molar-refractivity contribution < 1.29 is 9.53 Å². The highest BCUT2D eigenvalue weighted by Crippen LogP contribution is 2.26. The van der Waals surface area contributed by atoms with E-state index in [1.165, 1.54) is 11.1 Å². The summed E-state index contributed by atoms with van der Waals surface area (Å²) in [6.07, 6.45) is 3.81. The smallest absolute Gasteiger partial charge is 0.225 e. The standard InChI is InChI=1S/C29H28N2O2/c1-21-8-13-27(22(2)18-21)29(25-6-4-3-5-7-25)31-28(32)19-23-9-11-26(12-10-23)33-20-24-14-16-30-17-15-24/h3-18,29H,19-20H2,1-2H3,(H,31,32). The van der Waals surface area contributed by atoms with Gasteiger partial charge >= 0.3 is 0 Å². The summed E-state index contributed by atoms with van der Waals surface area (Å²) in [7, 11) is 0. The van der Waals surface area contributed by atoms with E-state index in [0.717, 1.165) is 28.0 Å². The molecule has 4 rings (SSSR count). The van der Waals surface area contributed by atoms with Gasteiger partial charge in [-0.2, -0.15) is 0 Å². The van der Waals surface area contributed by atoms with Crippen LogP contribution < -0.4 is 10.1 Å². The summed E-state index contributed by atoms with van der Waals surface area (Å²) in [6.45, 7) is 4.66. The Labute approximate surface area is 195 Å². The van der Waals surface area contributed by atoms with E-state index in [-0.39, 0.29) is 11.9 Å². The molecule has 3 aromatic carbocycles. The second-order valence-corrected chi connectivity index (χ2v) is 8.24. The highest BCUT2D eigenvalue weighted by molar-refractivity contribution is 5.79. The van der Waals surface area contributed by atoms with Crippen LogP contribution in [0.3, 0.4) is 0 Å². The maximum absolute atomic E-state index is 13.0. The number of ether oxygens (including phenoxy) is 1. The molecule has 1 heterocycles. The van der Waals surface area contributed by atoms with E-state index in [1.807, 2.05) is 54.6 Å². The number of aromatic nitrogens is 1. The quantitative estimate of drug-likeness (QED) is 0.384. The van der Waals surface area contributed by atoms with E-state index in [0.29, 0.717) is 13.0 Å². The van der Waals surface area contributed by atoms with Crippen molar-refractivity contribution in [2.75, 3.05) is 0 Å². The molecule has 0 aliphatic heterocycles. The first kappa shape index (κ1) is 22.3. The summed E-state index contributed by atoms with van der Waals surface area (Å²) in [6, 6.07) is 27.8. The van der Waals surface area contributed by atoms with Crippen molar-refractivity contribution in [3.8, 4) is 5.75 Å². The molecule has 0 bridgehead atoms. The fourth-order valence-electron chi connectivity index (χ4n) is 3.88. The zero-order valence-corrected chi connectivity index (χ0v) is 19.0. The number of nitrogens with one attached hydrogen (secondary N) is 1. The second-order valence-electron chi connectivity index (χ2n) is 8.24. The monoisotopic (exact) mass is 436 g/mol. The van der Waals surface area contributed by atoms with Gasteiger partial charge in [0.15, 0.2) is 0 Å². The average Bonchev–Trinajstić information content (AvgIpc) is 2.84. The number of carbonyl (C=O) groups excluding carboxylic acids is 1. The SMILES string of the molecule is Cc1ccc(C(NC(=O)Cc2ccc(OCc3ccncc3)cc2)c2ccccc2)c(C)c1. The Bertz CT molecular complexity index is 1190. The maximum atomic E-state index is 13.0. The van der Waals surface area contributed by atoms with Gasteiger partial charge in [0.1, 0.15) is 12.4 Å². The highest BCUT2D eigenvalue weighted by atomic mass is 16.5. The molecule has 0 radical (unpaired) electrons. The average molecular weight is 437 g/mol. The van der Waals surface area contributed by atoms with Gasteiger partial charge in [0.2, 0.25) is 5.91 Å². The summed E-state index contributed by atoms with van der Waals surface area (Å²) in [5.41, 5.74) is 6.56. The number of hydrogen-bond acceptors (Lipinski definition) is 3. The van der Waals surface area contributed by atoms with Crippen LogP contribution in [0.1, 0.15) is 39.4 Å². The van der Waals surface area contributed by atoms with Gasteiger partial charge in [-0.15, -0.1) is 0 Å². The topological polar surface area (TPSA) is 51.2 Å². The highest BCUT2D eigenvalue weighted by Gasteiger charge is 2.19. The van der Waals surface area contributed by atoms with Gasteiger partial charge in [-0.25, -0.2) is 0 Å². The van der Waals surface area contributed by atoms with Gasteiger partial charge in [-0.1, -0.05) is 66.2 Å². The molecule has 1 aromatic heterocycles. The van der Waals surface area contributed by atoms with Crippen LogP contribution in [0.25, 0.3) is 0 Å². The van der Waals surface area contributed by atoms with Gasteiger partial charge < -0.3 is 10.1 Å². The molecule has 4 heteroatoms. The largest absolute Gasteiger partial charge is 0.489 e. The van der Waals surface area contributed by atoms with Crippen molar-refractivity contribution in [3.05, 3.63) is 131 Å². The third-order valence-corrected chi connectivity index (χ3v) is 5.62. The zero-order valence-electron chi connectivity index (χ0n) is 19.0. The van der Waals surface area contributed by atoms with Crippen LogP contribution in [0.2, 0.25) is 0 Å². The Hall–Kier alpha value is -3.92. The molecule has 1 N–H and O–H groups in total. The summed E-state index contributed by atoms with van der Waals surface area (Å²) >= 11 is 0. The van der Waals surface area contributed by atoms with Gasteiger partial charge in [-0.05, 0) is 65.9 Å². The van der Waals surface area contributed by atoms with Gasteiger partial charge in [-0.3, -0.25) is 9.78 Å². The van der Waals surface area contributed by atoms with Gasteiger partial charge in [0.25, 0.3) is 0 Å². The molecule has 0 spiro atoms. The first-order valence-electron chi connectivity index (χ1n) is 11.1. The molecule has 1 atom stereocenters. The maximum Gasteiger partial charge on any atom is 0.225 e. The second kappa shape index (κ2) is 10.6. The van der Waals surface area contributed by atoms with Crippen LogP contribution in [0.15, 0.2) is 97.3 Å². The Morgan fingerprint density at radius 2 is 1.61 bits per heavy atom. The number of benzene rings is 3. The predicted octanol–water partition coefficient (Wildman–Crippen LogP) is 5.73. The van der Waals surface area contributed by atoms with Crippen molar-refractivity contribution in [2.45, 2.75) is 32.9 Å².